The highest BCUT2D eigenvalue weighted by atomic mass is 16.6. The van der Waals surface area contributed by atoms with Gasteiger partial charge in [0.15, 0.2) is 5.92 Å². The second-order valence-electron chi connectivity index (χ2n) is 5.21. The fourth-order valence-corrected chi connectivity index (χ4v) is 2.99. The third-order valence-electron chi connectivity index (χ3n) is 4.05. The molecule has 0 saturated heterocycles. The number of nitro benzene ring substituents is 1. The van der Waals surface area contributed by atoms with Gasteiger partial charge in [-0.1, -0.05) is 0 Å². The minimum absolute atomic E-state index is 0.151. The van der Waals surface area contributed by atoms with Gasteiger partial charge in [-0.05, 0) is 37.8 Å². The lowest BCUT2D eigenvalue weighted by Crippen LogP contribution is -2.06. The highest BCUT2D eigenvalue weighted by Gasteiger charge is 2.63. The quantitative estimate of drug-likeness (QED) is 0.503. The molecular weight excluding hydrogens is 228 g/mol. The maximum Gasteiger partial charge on any atom is 0.269 e. The monoisotopic (exact) mass is 245 g/mol. The van der Waals surface area contributed by atoms with Crippen LogP contribution in [0.4, 0.5) is 11.4 Å². The molecule has 0 heterocycles. The largest absolute Gasteiger partial charge is 0.341 e. The minimum Gasteiger partial charge on any atom is -0.341 e. The summed E-state index contributed by atoms with van der Waals surface area (Å²) in [5, 5.41) is 14.1. The number of hydrogen-bond acceptors (Lipinski definition) is 3. The van der Waals surface area contributed by atoms with Gasteiger partial charge < -0.3 is 5.32 Å². The van der Waals surface area contributed by atoms with Crippen LogP contribution in [0.2, 0.25) is 0 Å². The van der Waals surface area contributed by atoms with Gasteiger partial charge in [-0.15, -0.1) is 0 Å². The van der Waals surface area contributed by atoms with Crippen LogP contribution >= 0.6 is 0 Å². The van der Waals surface area contributed by atoms with Gasteiger partial charge in [-0.2, -0.15) is 0 Å². The highest BCUT2D eigenvalue weighted by Crippen LogP contribution is 2.51. The number of nitrogens with zero attached hydrogens (tertiary/aromatic N) is 1. The Hall–Kier alpha value is -1.71. The van der Waals surface area contributed by atoms with E-state index in [-0.39, 0.29) is 10.6 Å². The lowest BCUT2D eigenvalue weighted by Gasteiger charge is -2.01. The van der Waals surface area contributed by atoms with Crippen LogP contribution in [0.15, 0.2) is 24.3 Å². The van der Waals surface area contributed by atoms with Crippen molar-refractivity contribution < 1.29 is 4.92 Å². The summed E-state index contributed by atoms with van der Waals surface area (Å²) in [6.45, 7) is 0. The van der Waals surface area contributed by atoms with E-state index in [1.165, 1.54) is 32.1 Å². The summed E-state index contributed by atoms with van der Waals surface area (Å²) in [4.78, 5) is 10.2. The van der Waals surface area contributed by atoms with Gasteiger partial charge in [0.05, 0.1) is 11.3 Å². The Morgan fingerprint density at radius 2 is 2.00 bits per heavy atom. The Bertz CT molecular complexity index is 432. The first-order valence-corrected chi connectivity index (χ1v) is 6.62. The first-order valence-electron chi connectivity index (χ1n) is 6.62. The van der Waals surface area contributed by atoms with Crippen LogP contribution in [0, 0.1) is 22.0 Å². The minimum atomic E-state index is -0.362. The molecule has 2 unspecified atom stereocenters. The molecule has 0 radical (unpaired) electrons. The predicted octanol–water partition coefficient (Wildman–Crippen LogP) is 3.54. The third-order valence-corrected chi connectivity index (χ3v) is 4.05. The summed E-state index contributed by atoms with van der Waals surface area (Å²) in [7, 11) is 0. The summed E-state index contributed by atoms with van der Waals surface area (Å²) in [6, 6.07) is 7.25. The Balaban J connectivity index is 1.62. The molecule has 2 aliphatic carbocycles. The van der Waals surface area contributed by atoms with E-state index in [9.17, 15) is 10.1 Å². The topological polar surface area (TPSA) is 55.2 Å². The van der Waals surface area contributed by atoms with Gasteiger partial charge in [0.1, 0.15) is 5.92 Å². The lowest BCUT2D eigenvalue weighted by molar-refractivity contribution is -0.384. The SMILES string of the molecule is O=[N+]([O-])c1ccc(NC2[C+]3CCCCCC32)cc1. The third kappa shape index (κ3) is 2.15. The highest BCUT2D eigenvalue weighted by molar-refractivity contribution is 5.53. The van der Waals surface area contributed by atoms with E-state index in [4.69, 9.17) is 0 Å². The molecule has 0 amide bonds. The van der Waals surface area contributed by atoms with E-state index in [1.807, 2.05) is 0 Å². The number of anilines is 1. The van der Waals surface area contributed by atoms with Crippen LogP contribution in [0.1, 0.15) is 32.1 Å². The molecule has 4 nitrogen and oxygen atoms in total. The zero-order valence-electron chi connectivity index (χ0n) is 10.3. The smallest absolute Gasteiger partial charge is 0.269 e. The van der Waals surface area contributed by atoms with Gasteiger partial charge in [0.25, 0.3) is 5.69 Å². The average molecular weight is 245 g/mol. The van der Waals surface area contributed by atoms with E-state index in [1.54, 1.807) is 30.2 Å². The first kappa shape index (κ1) is 11.4. The molecule has 3 rings (SSSR count). The maximum atomic E-state index is 10.6. The van der Waals surface area contributed by atoms with Crippen LogP contribution in [0.25, 0.3) is 0 Å². The summed E-state index contributed by atoms with van der Waals surface area (Å²) >= 11 is 0. The first-order chi connectivity index (χ1) is 8.75. The number of rotatable bonds is 3. The number of nitrogens with one attached hydrogen (secondary N) is 1. The Morgan fingerprint density at radius 3 is 2.72 bits per heavy atom. The summed E-state index contributed by atoms with van der Waals surface area (Å²) in [5.41, 5.74) is 1.14. The van der Waals surface area contributed by atoms with E-state index in [0.717, 1.165) is 11.6 Å². The normalized spacial score (nSPS) is 26.1. The van der Waals surface area contributed by atoms with Crippen molar-refractivity contribution in [3.05, 3.63) is 40.3 Å². The summed E-state index contributed by atoms with van der Waals surface area (Å²) < 4.78 is 0. The van der Waals surface area contributed by atoms with Crippen LogP contribution in [0.5, 0.6) is 0 Å². The van der Waals surface area contributed by atoms with E-state index < -0.39 is 0 Å². The molecule has 94 valence electrons. The molecule has 4 heteroatoms. The molecule has 0 aromatic heterocycles. The summed E-state index contributed by atoms with van der Waals surface area (Å²) in [5.74, 6) is 2.41. The van der Waals surface area contributed by atoms with Crippen molar-refractivity contribution in [2.24, 2.45) is 5.92 Å². The second-order valence-corrected chi connectivity index (χ2v) is 5.21. The molecule has 2 aliphatic rings. The zero-order chi connectivity index (χ0) is 12.5. The zero-order valence-corrected chi connectivity index (χ0v) is 10.3. The van der Waals surface area contributed by atoms with E-state index >= 15 is 0 Å². The fraction of sp³-hybridized carbons (Fsp3) is 0.500. The predicted molar refractivity (Wildman–Crippen MR) is 70.3 cm³/mol. The summed E-state index contributed by atoms with van der Waals surface area (Å²) in [6.07, 6.45) is 6.59. The molecule has 1 aromatic rings. The second kappa shape index (κ2) is 4.52. The fourth-order valence-electron chi connectivity index (χ4n) is 2.99. The van der Waals surface area contributed by atoms with Crippen molar-refractivity contribution in [2.75, 3.05) is 5.32 Å². The number of nitro groups is 1. The van der Waals surface area contributed by atoms with Gasteiger partial charge in [0, 0.05) is 17.8 Å². The maximum absolute atomic E-state index is 10.6. The molecular formula is C14H17N2O2+. The van der Waals surface area contributed by atoms with Gasteiger partial charge in [-0.25, -0.2) is 0 Å². The molecule has 2 atom stereocenters. The van der Waals surface area contributed by atoms with Crippen LogP contribution in [-0.4, -0.2) is 11.0 Å². The van der Waals surface area contributed by atoms with E-state index in [2.05, 4.69) is 5.32 Å². The average Bonchev–Trinajstić information content (AvgIpc) is 3.06. The van der Waals surface area contributed by atoms with Crippen molar-refractivity contribution in [3.63, 3.8) is 0 Å². The Labute approximate surface area is 107 Å². The molecule has 0 aliphatic heterocycles. The molecule has 0 bridgehead atoms. The standard InChI is InChI=1S/C14H17N2O2/c17-16(18)11-8-6-10(7-9-11)15-14-12-4-2-1-3-5-13(12)14/h6-9,12,14-15H,1-5H2/q+1. The van der Waals surface area contributed by atoms with Crippen molar-refractivity contribution >= 4 is 11.4 Å². The molecule has 18 heavy (non-hydrogen) atoms. The van der Waals surface area contributed by atoms with Crippen molar-refractivity contribution in [1.82, 2.24) is 0 Å². The molecule has 1 aromatic carbocycles. The van der Waals surface area contributed by atoms with Crippen molar-refractivity contribution in [1.29, 1.82) is 0 Å². The van der Waals surface area contributed by atoms with Gasteiger partial charge in [-0.3, -0.25) is 10.1 Å². The van der Waals surface area contributed by atoms with Crippen LogP contribution < -0.4 is 5.32 Å². The number of fused-ring (bicyclic) bond motifs is 1. The van der Waals surface area contributed by atoms with Gasteiger partial charge in [0.2, 0.25) is 6.04 Å². The number of benzene rings is 1. The molecule has 2 fully saturated rings. The van der Waals surface area contributed by atoms with Crippen LogP contribution in [-0.2, 0) is 0 Å². The van der Waals surface area contributed by atoms with Gasteiger partial charge >= 0.3 is 0 Å². The molecule has 0 spiro atoms. The Kier molecular flexibility index (Phi) is 2.86. The van der Waals surface area contributed by atoms with Crippen molar-refractivity contribution in [3.8, 4) is 0 Å². The lowest BCUT2D eigenvalue weighted by atomic mass is 10.1. The number of non-ortho nitro benzene ring substituents is 1. The molecule has 2 saturated carbocycles. The van der Waals surface area contributed by atoms with Crippen LogP contribution in [0.3, 0.4) is 0 Å². The van der Waals surface area contributed by atoms with E-state index in [0.29, 0.717) is 6.04 Å². The Morgan fingerprint density at radius 1 is 1.22 bits per heavy atom. The number of hydrogen-bond donors (Lipinski definition) is 1. The molecule has 1 N–H and O–H groups in total. The van der Waals surface area contributed by atoms with Crippen molar-refractivity contribution in [2.45, 2.75) is 38.1 Å².